The van der Waals surface area contributed by atoms with Crippen LogP contribution in [0.25, 0.3) is 33.2 Å². The van der Waals surface area contributed by atoms with E-state index in [2.05, 4.69) is 10.3 Å². The number of carbonyl (C=O) groups excluding carboxylic acids is 3. The van der Waals surface area contributed by atoms with Crippen molar-refractivity contribution in [3.8, 4) is 11.4 Å². The normalized spacial score (nSPS) is 11.0. The Bertz CT molecular complexity index is 1730. The predicted molar refractivity (Wildman–Crippen MR) is 150 cm³/mol. The van der Waals surface area contributed by atoms with E-state index in [1.54, 1.807) is 6.07 Å². The summed E-state index contributed by atoms with van der Waals surface area (Å²) >= 11 is 0. The summed E-state index contributed by atoms with van der Waals surface area (Å²) in [6, 6.07) is 20.5. The first-order valence-corrected chi connectivity index (χ1v) is 12.6. The number of nitrogens with one attached hydrogen (secondary N) is 2. The number of nitrogens with zero attached hydrogens (tertiary/aromatic N) is 1. The Morgan fingerprint density at radius 1 is 0.900 bits per heavy atom. The van der Waals surface area contributed by atoms with E-state index >= 15 is 0 Å². The smallest absolute Gasteiger partial charge is 0.337 e. The molecule has 2 N–H and O–H groups in total. The SMILES string of the molecule is COC(=O)c1cc(NC(=O)CCCc2c(-c3ccc4ccccc4n3)[nH]c3ccc(F)cc23)cc(C(=O)OC)c1. The minimum absolute atomic E-state index is 0.106. The number of hydrogen-bond donors (Lipinski definition) is 2. The highest BCUT2D eigenvalue weighted by Gasteiger charge is 2.18. The average molecular weight is 540 g/mol. The van der Waals surface area contributed by atoms with Gasteiger partial charge in [-0.3, -0.25) is 4.79 Å². The van der Waals surface area contributed by atoms with Crippen molar-refractivity contribution < 1.29 is 28.2 Å². The molecule has 1 amide bonds. The van der Waals surface area contributed by atoms with E-state index in [0.29, 0.717) is 12.8 Å². The maximum Gasteiger partial charge on any atom is 0.337 e. The van der Waals surface area contributed by atoms with Crippen LogP contribution in [0.5, 0.6) is 0 Å². The molecule has 0 saturated carbocycles. The fourth-order valence-corrected chi connectivity index (χ4v) is 4.72. The second kappa shape index (κ2) is 11.4. The van der Waals surface area contributed by atoms with Crippen LogP contribution in [0.4, 0.5) is 10.1 Å². The number of ether oxygens (including phenoxy) is 2. The molecule has 202 valence electrons. The van der Waals surface area contributed by atoms with Crippen molar-refractivity contribution in [2.24, 2.45) is 0 Å². The minimum Gasteiger partial charge on any atom is -0.465 e. The number of para-hydroxylation sites is 1. The summed E-state index contributed by atoms with van der Waals surface area (Å²) in [5, 5.41) is 4.49. The number of aromatic amines is 1. The molecule has 3 aromatic carbocycles. The van der Waals surface area contributed by atoms with Crippen molar-refractivity contribution in [2.75, 3.05) is 19.5 Å². The molecule has 5 rings (SSSR count). The molecule has 9 heteroatoms. The van der Waals surface area contributed by atoms with Crippen molar-refractivity contribution in [1.29, 1.82) is 0 Å². The number of benzene rings is 3. The third-order valence-electron chi connectivity index (χ3n) is 6.61. The van der Waals surface area contributed by atoms with Gasteiger partial charge in [0.25, 0.3) is 0 Å². The molecule has 0 radical (unpaired) electrons. The summed E-state index contributed by atoms with van der Waals surface area (Å²) in [5.74, 6) is -1.96. The first-order valence-electron chi connectivity index (χ1n) is 12.6. The number of carbonyl (C=O) groups is 3. The molecule has 0 aliphatic carbocycles. The summed E-state index contributed by atoms with van der Waals surface area (Å²) < 4.78 is 23.7. The number of aromatic nitrogens is 2. The van der Waals surface area contributed by atoms with Gasteiger partial charge in [-0.1, -0.05) is 24.3 Å². The van der Waals surface area contributed by atoms with E-state index in [4.69, 9.17) is 14.5 Å². The number of aryl methyl sites for hydroxylation is 1. The topological polar surface area (TPSA) is 110 Å². The molecule has 8 nitrogen and oxygen atoms in total. The van der Waals surface area contributed by atoms with Crippen molar-refractivity contribution in [3.05, 3.63) is 95.3 Å². The highest BCUT2D eigenvalue weighted by atomic mass is 19.1. The number of esters is 2. The van der Waals surface area contributed by atoms with E-state index < -0.39 is 11.9 Å². The number of amides is 1. The first-order chi connectivity index (χ1) is 19.4. The zero-order valence-corrected chi connectivity index (χ0v) is 21.9. The van der Waals surface area contributed by atoms with Gasteiger partial charge in [-0.15, -0.1) is 0 Å². The van der Waals surface area contributed by atoms with Gasteiger partial charge in [0.2, 0.25) is 5.91 Å². The largest absolute Gasteiger partial charge is 0.465 e. The highest BCUT2D eigenvalue weighted by Crippen LogP contribution is 2.32. The number of halogens is 1. The van der Waals surface area contributed by atoms with Crippen molar-refractivity contribution >= 4 is 45.3 Å². The Morgan fingerprint density at radius 2 is 1.62 bits per heavy atom. The van der Waals surface area contributed by atoms with Crippen LogP contribution in [-0.4, -0.2) is 42.0 Å². The van der Waals surface area contributed by atoms with E-state index in [0.717, 1.165) is 38.8 Å². The maximum absolute atomic E-state index is 14.2. The van der Waals surface area contributed by atoms with Crippen LogP contribution in [0.2, 0.25) is 0 Å². The van der Waals surface area contributed by atoms with Gasteiger partial charge < -0.3 is 19.8 Å². The number of methoxy groups -OCH3 is 2. The molecule has 5 aromatic rings. The second-order valence-electron chi connectivity index (χ2n) is 9.24. The van der Waals surface area contributed by atoms with Crippen molar-refractivity contribution in [1.82, 2.24) is 9.97 Å². The Morgan fingerprint density at radius 3 is 2.35 bits per heavy atom. The lowest BCUT2D eigenvalue weighted by Crippen LogP contribution is -2.14. The van der Waals surface area contributed by atoms with Gasteiger partial charge >= 0.3 is 11.9 Å². The van der Waals surface area contributed by atoms with Crippen LogP contribution in [0.3, 0.4) is 0 Å². The van der Waals surface area contributed by atoms with Crippen LogP contribution in [0, 0.1) is 5.82 Å². The number of H-pyrrole nitrogens is 1. The van der Waals surface area contributed by atoms with Crippen LogP contribution < -0.4 is 5.32 Å². The molecular weight excluding hydrogens is 513 g/mol. The van der Waals surface area contributed by atoms with Gasteiger partial charge in [0, 0.05) is 28.4 Å². The number of hydrogen-bond acceptors (Lipinski definition) is 6. The van der Waals surface area contributed by atoms with Crippen LogP contribution in [0.1, 0.15) is 39.1 Å². The summed E-state index contributed by atoms with van der Waals surface area (Å²) in [4.78, 5) is 45.1. The third-order valence-corrected chi connectivity index (χ3v) is 6.61. The lowest BCUT2D eigenvalue weighted by atomic mass is 10.0. The number of anilines is 1. The molecule has 2 heterocycles. The molecule has 0 spiro atoms. The monoisotopic (exact) mass is 539 g/mol. The average Bonchev–Trinajstić information content (AvgIpc) is 3.33. The predicted octanol–water partition coefficient (Wildman–Crippen LogP) is 6.06. The van der Waals surface area contributed by atoms with Crippen LogP contribution >= 0.6 is 0 Å². The fourth-order valence-electron chi connectivity index (χ4n) is 4.72. The van der Waals surface area contributed by atoms with E-state index in [9.17, 15) is 18.8 Å². The molecule has 0 unspecified atom stereocenters. The Hall–Kier alpha value is -5.05. The van der Waals surface area contributed by atoms with E-state index in [-0.39, 0.29) is 35.0 Å². The summed E-state index contributed by atoms with van der Waals surface area (Å²) in [6.07, 6.45) is 1.08. The highest BCUT2D eigenvalue weighted by molar-refractivity contribution is 5.99. The van der Waals surface area contributed by atoms with Crippen molar-refractivity contribution in [2.45, 2.75) is 19.3 Å². The second-order valence-corrected chi connectivity index (χ2v) is 9.24. The lowest BCUT2D eigenvalue weighted by Gasteiger charge is -2.10. The van der Waals surface area contributed by atoms with Crippen LogP contribution in [-0.2, 0) is 20.7 Å². The minimum atomic E-state index is -0.650. The Balaban J connectivity index is 1.37. The molecule has 0 aliphatic rings. The molecule has 40 heavy (non-hydrogen) atoms. The summed E-state index contributed by atoms with van der Waals surface area (Å²) in [7, 11) is 2.45. The zero-order chi connectivity index (χ0) is 28.2. The van der Waals surface area contributed by atoms with Gasteiger partial charge in [-0.2, -0.15) is 0 Å². The third kappa shape index (κ3) is 5.54. The Labute approximate surface area is 229 Å². The Kier molecular flexibility index (Phi) is 7.54. The fraction of sp³-hybridized carbons (Fsp3) is 0.161. The number of rotatable bonds is 8. The van der Waals surface area contributed by atoms with Gasteiger partial charge in [0.05, 0.1) is 42.3 Å². The molecule has 0 saturated heterocycles. The van der Waals surface area contributed by atoms with Gasteiger partial charge in [-0.25, -0.2) is 19.0 Å². The number of pyridine rings is 1. The van der Waals surface area contributed by atoms with Gasteiger partial charge in [0.1, 0.15) is 5.82 Å². The molecule has 0 bridgehead atoms. The molecule has 0 atom stereocenters. The molecular formula is C31H26FN3O5. The number of fused-ring (bicyclic) bond motifs is 2. The zero-order valence-electron chi connectivity index (χ0n) is 21.9. The first kappa shape index (κ1) is 26.6. The van der Waals surface area contributed by atoms with Gasteiger partial charge in [-0.05, 0) is 66.9 Å². The standard InChI is InChI=1S/C31H26FN3O5/c1-39-30(37)19-14-20(31(38)40-2)16-22(15-19)33-28(36)9-5-7-23-24-17-21(32)11-13-26(24)35-29(23)27-12-10-18-6-3-4-8-25(18)34-27/h3-4,6,8,10-17,35H,5,7,9H2,1-2H3,(H,33,36). The van der Waals surface area contributed by atoms with E-state index in [1.807, 2.05) is 36.4 Å². The lowest BCUT2D eigenvalue weighted by molar-refractivity contribution is -0.116. The summed E-state index contributed by atoms with van der Waals surface area (Å²) in [5.41, 5.74) is 4.47. The van der Waals surface area contributed by atoms with Gasteiger partial charge in [0.15, 0.2) is 0 Å². The summed E-state index contributed by atoms with van der Waals surface area (Å²) in [6.45, 7) is 0. The molecule has 0 aliphatic heterocycles. The molecule has 2 aromatic heterocycles. The van der Waals surface area contributed by atoms with E-state index in [1.165, 1.54) is 44.6 Å². The van der Waals surface area contributed by atoms with Crippen LogP contribution in [0.15, 0.2) is 72.8 Å². The maximum atomic E-state index is 14.2. The molecule has 0 fully saturated rings. The van der Waals surface area contributed by atoms with Crippen molar-refractivity contribution in [3.63, 3.8) is 0 Å². The quantitative estimate of drug-likeness (QED) is 0.232.